The lowest BCUT2D eigenvalue weighted by molar-refractivity contribution is 0.0637. The van der Waals surface area contributed by atoms with Crippen LogP contribution in [-0.2, 0) is 0 Å². The topological polar surface area (TPSA) is 62.1 Å². The van der Waals surface area contributed by atoms with Crippen LogP contribution in [0.15, 0.2) is 18.5 Å². The average molecular weight is 207 g/mol. The number of H-pyrrole nitrogens is 1. The maximum Gasteiger partial charge on any atom is 0.255 e. The average Bonchev–Trinajstić information content (AvgIpc) is 2.86. The Morgan fingerprint density at radius 1 is 1.73 bits per heavy atom. The molecule has 1 aromatic heterocycles. The molecule has 0 saturated carbocycles. The minimum atomic E-state index is -0.158. The van der Waals surface area contributed by atoms with Gasteiger partial charge in [0.1, 0.15) is 0 Å². The van der Waals surface area contributed by atoms with E-state index in [1.54, 1.807) is 18.5 Å². The zero-order valence-corrected chi connectivity index (χ0v) is 8.99. The Hall–Kier alpha value is -1.29. The Bertz CT molecular complexity index is 347. The first-order valence-corrected chi connectivity index (χ1v) is 5.32. The summed E-state index contributed by atoms with van der Waals surface area (Å²) in [4.78, 5) is 16.9. The number of carbonyl (C=O) groups excluding carboxylic acids is 1. The van der Waals surface area contributed by atoms with Gasteiger partial charge in [0.2, 0.25) is 0 Å². The second-order valence-corrected chi connectivity index (χ2v) is 4.36. The molecule has 1 fully saturated rings. The van der Waals surface area contributed by atoms with Gasteiger partial charge in [-0.3, -0.25) is 4.79 Å². The molecule has 1 aliphatic rings. The fourth-order valence-electron chi connectivity index (χ4n) is 2.19. The molecule has 1 atom stereocenters. The van der Waals surface area contributed by atoms with Gasteiger partial charge in [-0.15, -0.1) is 0 Å². The molecule has 0 radical (unpaired) electrons. The highest BCUT2D eigenvalue weighted by Crippen LogP contribution is 2.29. The summed E-state index contributed by atoms with van der Waals surface area (Å²) in [5.41, 5.74) is 6.31. The maximum atomic E-state index is 12.1. The smallest absolute Gasteiger partial charge is 0.255 e. The Morgan fingerprint density at radius 2 is 2.53 bits per heavy atom. The molecule has 2 rings (SSSR count). The number of likely N-dealkylation sites (tertiary alicyclic amines) is 1. The monoisotopic (exact) mass is 207 g/mol. The Balaban J connectivity index is 2.21. The van der Waals surface area contributed by atoms with Gasteiger partial charge in [0.05, 0.1) is 11.1 Å². The summed E-state index contributed by atoms with van der Waals surface area (Å²) in [6, 6.07) is 1.80. The molecule has 1 unspecified atom stereocenters. The molecule has 1 aliphatic heterocycles. The Morgan fingerprint density at radius 3 is 3.13 bits per heavy atom. The van der Waals surface area contributed by atoms with E-state index in [0.29, 0.717) is 6.54 Å². The van der Waals surface area contributed by atoms with E-state index < -0.39 is 0 Å². The predicted octanol–water partition coefficient (Wildman–Crippen LogP) is 0.968. The van der Waals surface area contributed by atoms with Gasteiger partial charge in [-0.25, -0.2) is 0 Å². The highest BCUT2D eigenvalue weighted by molar-refractivity contribution is 5.94. The molecule has 2 heterocycles. The Labute approximate surface area is 89.5 Å². The lowest BCUT2D eigenvalue weighted by Gasteiger charge is -2.34. The maximum absolute atomic E-state index is 12.1. The van der Waals surface area contributed by atoms with E-state index in [1.807, 2.05) is 4.90 Å². The second kappa shape index (κ2) is 3.70. The van der Waals surface area contributed by atoms with E-state index in [4.69, 9.17) is 5.73 Å². The highest BCUT2D eigenvalue weighted by Gasteiger charge is 2.38. The number of nitrogens with one attached hydrogen (secondary N) is 1. The largest absolute Gasteiger partial charge is 0.367 e. The van der Waals surface area contributed by atoms with E-state index in [2.05, 4.69) is 11.9 Å². The molecular weight excluding hydrogens is 190 g/mol. The molecule has 1 aromatic rings. The lowest BCUT2D eigenvalue weighted by atomic mass is 9.99. The molecule has 0 bridgehead atoms. The van der Waals surface area contributed by atoms with Crippen LogP contribution in [-0.4, -0.2) is 34.4 Å². The number of aromatic amines is 1. The molecule has 3 N–H and O–H groups in total. The van der Waals surface area contributed by atoms with Crippen molar-refractivity contribution in [2.45, 2.75) is 25.3 Å². The quantitative estimate of drug-likeness (QED) is 0.759. The Kier molecular flexibility index (Phi) is 2.52. The number of amides is 1. The van der Waals surface area contributed by atoms with Crippen LogP contribution >= 0.6 is 0 Å². The first-order chi connectivity index (χ1) is 7.17. The van der Waals surface area contributed by atoms with Gasteiger partial charge in [-0.1, -0.05) is 0 Å². The van der Waals surface area contributed by atoms with E-state index in [0.717, 1.165) is 24.9 Å². The van der Waals surface area contributed by atoms with Crippen LogP contribution in [0.4, 0.5) is 0 Å². The number of nitrogens with two attached hydrogens (primary N) is 1. The SMILES string of the molecule is CC1(CN)CCCN1C(=O)c1cc[nH]c1. The van der Waals surface area contributed by atoms with Gasteiger partial charge in [-0.05, 0) is 25.8 Å². The summed E-state index contributed by atoms with van der Waals surface area (Å²) in [6.07, 6.45) is 5.55. The number of hydrogen-bond acceptors (Lipinski definition) is 2. The molecule has 15 heavy (non-hydrogen) atoms. The van der Waals surface area contributed by atoms with Crippen molar-refractivity contribution in [3.8, 4) is 0 Å². The van der Waals surface area contributed by atoms with Gasteiger partial charge < -0.3 is 15.6 Å². The van der Waals surface area contributed by atoms with Gasteiger partial charge in [0.25, 0.3) is 5.91 Å². The van der Waals surface area contributed by atoms with Gasteiger partial charge in [0.15, 0.2) is 0 Å². The van der Waals surface area contributed by atoms with Gasteiger partial charge in [0, 0.05) is 25.5 Å². The second-order valence-electron chi connectivity index (χ2n) is 4.36. The third-order valence-electron chi connectivity index (χ3n) is 3.28. The summed E-state index contributed by atoms with van der Waals surface area (Å²) >= 11 is 0. The molecule has 0 aromatic carbocycles. The van der Waals surface area contributed by atoms with Crippen molar-refractivity contribution in [3.63, 3.8) is 0 Å². The van der Waals surface area contributed by atoms with Crippen molar-refractivity contribution in [3.05, 3.63) is 24.0 Å². The van der Waals surface area contributed by atoms with Gasteiger partial charge in [-0.2, -0.15) is 0 Å². The van der Waals surface area contributed by atoms with E-state index in [9.17, 15) is 4.79 Å². The van der Waals surface area contributed by atoms with Crippen molar-refractivity contribution in [1.82, 2.24) is 9.88 Å². The van der Waals surface area contributed by atoms with Crippen molar-refractivity contribution >= 4 is 5.91 Å². The minimum absolute atomic E-state index is 0.0849. The molecule has 4 heteroatoms. The standard InChI is InChI=1S/C11H17N3O/c1-11(8-12)4-2-6-14(11)10(15)9-3-5-13-7-9/h3,5,7,13H,2,4,6,8,12H2,1H3. The molecule has 0 spiro atoms. The lowest BCUT2D eigenvalue weighted by Crippen LogP contribution is -2.49. The van der Waals surface area contributed by atoms with E-state index in [1.165, 1.54) is 0 Å². The van der Waals surface area contributed by atoms with Crippen LogP contribution in [0, 0.1) is 0 Å². The van der Waals surface area contributed by atoms with Crippen LogP contribution in [0.3, 0.4) is 0 Å². The summed E-state index contributed by atoms with van der Waals surface area (Å²) in [5, 5.41) is 0. The summed E-state index contributed by atoms with van der Waals surface area (Å²) in [5.74, 6) is 0.0849. The zero-order chi connectivity index (χ0) is 10.9. The predicted molar refractivity (Wildman–Crippen MR) is 58.5 cm³/mol. The van der Waals surface area contributed by atoms with Crippen LogP contribution in [0.2, 0.25) is 0 Å². The number of aromatic nitrogens is 1. The van der Waals surface area contributed by atoms with Crippen LogP contribution in [0.25, 0.3) is 0 Å². The van der Waals surface area contributed by atoms with Gasteiger partial charge >= 0.3 is 0 Å². The molecular formula is C11H17N3O. The van der Waals surface area contributed by atoms with Crippen LogP contribution in [0.1, 0.15) is 30.1 Å². The normalized spacial score (nSPS) is 25.9. The number of carbonyl (C=O) groups is 1. The highest BCUT2D eigenvalue weighted by atomic mass is 16.2. The van der Waals surface area contributed by atoms with Crippen molar-refractivity contribution < 1.29 is 4.79 Å². The molecule has 0 aliphatic carbocycles. The first-order valence-electron chi connectivity index (χ1n) is 5.32. The molecule has 4 nitrogen and oxygen atoms in total. The fraction of sp³-hybridized carbons (Fsp3) is 0.545. The summed E-state index contributed by atoms with van der Waals surface area (Å²) in [6.45, 7) is 3.41. The van der Waals surface area contributed by atoms with E-state index in [-0.39, 0.29) is 11.4 Å². The van der Waals surface area contributed by atoms with Crippen LogP contribution in [0.5, 0.6) is 0 Å². The third-order valence-corrected chi connectivity index (χ3v) is 3.28. The van der Waals surface area contributed by atoms with Crippen molar-refractivity contribution in [2.24, 2.45) is 5.73 Å². The zero-order valence-electron chi connectivity index (χ0n) is 8.99. The first kappa shape index (κ1) is 10.2. The minimum Gasteiger partial charge on any atom is -0.367 e. The van der Waals surface area contributed by atoms with Crippen molar-refractivity contribution in [1.29, 1.82) is 0 Å². The van der Waals surface area contributed by atoms with Crippen LogP contribution < -0.4 is 5.73 Å². The van der Waals surface area contributed by atoms with Crippen molar-refractivity contribution in [2.75, 3.05) is 13.1 Å². The summed E-state index contributed by atoms with van der Waals surface area (Å²) < 4.78 is 0. The third kappa shape index (κ3) is 1.65. The number of hydrogen-bond donors (Lipinski definition) is 2. The molecule has 1 amide bonds. The molecule has 82 valence electrons. The van der Waals surface area contributed by atoms with E-state index >= 15 is 0 Å². The molecule has 1 saturated heterocycles. The number of rotatable bonds is 2. The fourth-order valence-corrected chi connectivity index (χ4v) is 2.19. The number of nitrogens with zero attached hydrogens (tertiary/aromatic N) is 1. The summed E-state index contributed by atoms with van der Waals surface area (Å²) in [7, 11) is 0.